The molecule has 3 aliphatic rings. The van der Waals surface area contributed by atoms with Crippen molar-refractivity contribution in [2.24, 2.45) is 17.8 Å². The molecule has 0 radical (unpaired) electrons. The molecule has 0 N–H and O–H groups in total. The second kappa shape index (κ2) is 6.93. The fraction of sp³-hybridized carbons (Fsp3) is 0.824. The number of carbonyl (C=O) groups excluding carboxylic acids is 1. The van der Waals surface area contributed by atoms with E-state index in [1.165, 1.54) is 6.26 Å². The summed E-state index contributed by atoms with van der Waals surface area (Å²) in [4.78, 5) is 14.7. The van der Waals surface area contributed by atoms with Gasteiger partial charge in [-0.15, -0.1) is 0 Å². The first-order valence-corrected chi connectivity index (χ1v) is 10.7. The third-order valence-corrected chi connectivity index (χ3v) is 7.09. The second-order valence-electron chi connectivity index (χ2n) is 7.31. The van der Waals surface area contributed by atoms with Gasteiger partial charge >= 0.3 is 0 Å². The lowest BCUT2D eigenvalue weighted by atomic mass is 9.84. The molecule has 0 aromatic rings. The Morgan fingerprint density at radius 1 is 1.00 bits per heavy atom. The molecule has 3 rings (SSSR count). The third-order valence-electron chi connectivity index (χ3n) is 5.79. The molecule has 1 amide bonds. The lowest BCUT2D eigenvalue weighted by Crippen LogP contribution is -2.40. The van der Waals surface area contributed by atoms with E-state index in [-0.39, 0.29) is 5.92 Å². The van der Waals surface area contributed by atoms with Crippen molar-refractivity contribution in [2.45, 2.75) is 38.5 Å². The van der Waals surface area contributed by atoms with Gasteiger partial charge in [-0.1, -0.05) is 12.2 Å². The maximum Gasteiger partial charge on any atom is 0.226 e. The highest BCUT2D eigenvalue weighted by molar-refractivity contribution is 7.88. The molecule has 2 heterocycles. The van der Waals surface area contributed by atoms with Crippen LogP contribution in [0.1, 0.15) is 38.5 Å². The highest BCUT2D eigenvalue weighted by Gasteiger charge is 2.36. The van der Waals surface area contributed by atoms with Crippen LogP contribution in [-0.2, 0) is 14.8 Å². The van der Waals surface area contributed by atoms with Crippen LogP contribution in [0, 0.1) is 17.8 Å². The van der Waals surface area contributed by atoms with Crippen molar-refractivity contribution >= 4 is 15.9 Å². The van der Waals surface area contributed by atoms with E-state index in [0.29, 0.717) is 30.8 Å². The fourth-order valence-electron chi connectivity index (χ4n) is 4.33. The highest BCUT2D eigenvalue weighted by atomic mass is 32.2. The van der Waals surface area contributed by atoms with Gasteiger partial charge < -0.3 is 4.90 Å². The molecule has 2 fully saturated rings. The number of likely N-dealkylation sites (tertiary alicyclic amines) is 1. The Morgan fingerprint density at radius 2 is 1.70 bits per heavy atom. The predicted octanol–water partition coefficient (Wildman–Crippen LogP) is 1.86. The second-order valence-corrected chi connectivity index (χ2v) is 9.30. The van der Waals surface area contributed by atoms with Crippen molar-refractivity contribution in [1.82, 2.24) is 9.21 Å². The van der Waals surface area contributed by atoms with Crippen molar-refractivity contribution in [3.05, 3.63) is 12.2 Å². The van der Waals surface area contributed by atoms with Gasteiger partial charge in [-0.2, -0.15) is 0 Å². The first kappa shape index (κ1) is 17.0. The summed E-state index contributed by atoms with van der Waals surface area (Å²) in [6.07, 6.45) is 11.5. The molecule has 0 bridgehead atoms. The van der Waals surface area contributed by atoms with Gasteiger partial charge in [-0.3, -0.25) is 4.79 Å². The molecule has 6 heteroatoms. The van der Waals surface area contributed by atoms with Gasteiger partial charge in [0, 0.05) is 32.1 Å². The number of amides is 1. The molecule has 2 saturated heterocycles. The van der Waals surface area contributed by atoms with E-state index >= 15 is 0 Å². The quantitative estimate of drug-likeness (QED) is 0.737. The molecule has 130 valence electrons. The lowest BCUT2D eigenvalue weighted by molar-refractivity contribution is -0.134. The van der Waals surface area contributed by atoms with Gasteiger partial charge in [-0.25, -0.2) is 12.7 Å². The van der Waals surface area contributed by atoms with Gasteiger partial charge in [0.1, 0.15) is 0 Å². The van der Waals surface area contributed by atoms with Crippen LogP contribution in [0.15, 0.2) is 12.2 Å². The van der Waals surface area contributed by atoms with Crippen LogP contribution < -0.4 is 0 Å². The van der Waals surface area contributed by atoms with E-state index in [4.69, 9.17) is 0 Å². The zero-order valence-corrected chi connectivity index (χ0v) is 14.8. The minimum absolute atomic E-state index is 0.186. The van der Waals surface area contributed by atoms with Crippen LogP contribution in [0.25, 0.3) is 0 Å². The SMILES string of the molecule is CS(=O)(=O)N1CCC(C2CCN(C(=O)C3CC=CCC3)C2)CC1. The minimum Gasteiger partial charge on any atom is -0.342 e. The summed E-state index contributed by atoms with van der Waals surface area (Å²) in [7, 11) is -3.05. The van der Waals surface area contributed by atoms with Crippen molar-refractivity contribution in [3.8, 4) is 0 Å². The number of nitrogens with zero attached hydrogens (tertiary/aromatic N) is 2. The molecule has 2 aliphatic heterocycles. The Labute approximate surface area is 139 Å². The van der Waals surface area contributed by atoms with Crippen LogP contribution in [0.2, 0.25) is 0 Å². The van der Waals surface area contributed by atoms with Crippen LogP contribution in [-0.4, -0.2) is 56.0 Å². The number of hydrogen-bond acceptors (Lipinski definition) is 3. The molecular weight excluding hydrogens is 312 g/mol. The van der Waals surface area contributed by atoms with E-state index in [1.54, 1.807) is 4.31 Å². The van der Waals surface area contributed by atoms with Crippen LogP contribution in [0.3, 0.4) is 0 Å². The molecule has 23 heavy (non-hydrogen) atoms. The number of carbonyl (C=O) groups is 1. The normalized spacial score (nSPS) is 30.7. The van der Waals surface area contributed by atoms with Gasteiger partial charge in [0.05, 0.1) is 6.26 Å². The van der Waals surface area contributed by atoms with Crippen LogP contribution in [0.5, 0.6) is 0 Å². The highest BCUT2D eigenvalue weighted by Crippen LogP contribution is 2.33. The number of piperidine rings is 1. The predicted molar refractivity (Wildman–Crippen MR) is 90.3 cm³/mol. The topological polar surface area (TPSA) is 57.7 Å². The minimum atomic E-state index is -3.05. The number of sulfonamides is 1. The Bertz CT molecular complexity index is 564. The molecule has 2 unspecified atom stereocenters. The van der Waals surface area contributed by atoms with Crippen LogP contribution >= 0.6 is 0 Å². The molecular formula is C17H28N2O3S. The molecule has 0 aromatic carbocycles. The standard InChI is InChI=1S/C17H28N2O3S/c1-23(21,22)19-11-8-14(9-12-19)16-7-10-18(13-16)17(20)15-5-3-2-4-6-15/h2-3,14-16H,4-13H2,1H3. The van der Waals surface area contributed by atoms with E-state index in [0.717, 1.165) is 51.6 Å². The van der Waals surface area contributed by atoms with Gasteiger partial charge in [-0.05, 0) is 50.4 Å². The summed E-state index contributed by atoms with van der Waals surface area (Å²) in [5.41, 5.74) is 0. The van der Waals surface area contributed by atoms with Crippen molar-refractivity contribution in [3.63, 3.8) is 0 Å². The number of allylic oxidation sites excluding steroid dienone is 2. The average Bonchev–Trinajstić information content (AvgIpc) is 3.04. The summed E-state index contributed by atoms with van der Waals surface area (Å²) in [5, 5.41) is 0. The van der Waals surface area contributed by atoms with Crippen LogP contribution in [0.4, 0.5) is 0 Å². The van der Waals surface area contributed by atoms with E-state index in [9.17, 15) is 13.2 Å². The van der Waals surface area contributed by atoms with Crippen molar-refractivity contribution in [2.75, 3.05) is 32.4 Å². The molecule has 1 aliphatic carbocycles. The summed E-state index contributed by atoms with van der Waals surface area (Å²) < 4.78 is 24.8. The number of rotatable bonds is 3. The van der Waals surface area contributed by atoms with E-state index in [1.807, 2.05) is 0 Å². The maximum atomic E-state index is 12.6. The first-order valence-electron chi connectivity index (χ1n) is 8.84. The monoisotopic (exact) mass is 340 g/mol. The molecule has 5 nitrogen and oxygen atoms in total. The summed E-state index contributed by atoms with van der Waals surface area (Å²) in [6, 6.07) is 0. The summed E-state index contributed by atoms with van der Waals surface area (Å²) in [5.74, 6) is 1.65. The molecule has 0 saturated carbocycles. The van der Waals surface area contributed by atoms with Crippen molar-refractivity contribution in [1.29, 1.82) is 0 Å². The Hall–Kier alpha value is -0.880. The molecule has 2 atom stereocenters. The molecule has 0 spiro atoms. The average molecular weight is 340 g/mol. The van der Waals surface area contributed by atoms with Gasteiger partial charge in [0.2, 0.25) is 15.9 Å². The number of hydrogen-bond donors (Lipinski definition) is 0. The van der Waals surface area contributed by atoms with Gasteiger partial charge in [0.25, 0.3) is 0 Å². The summed E-state index contributed by atoms with van der Waals surface area (Å²) in [6.45, 7) is 3.04. The van der Waals surface area contributed by atoms with Gasteiger partial charge in [0.15, 0.2) is 0 Å². The zero-order chi connectivity index (χ0) is 16.4. The Kier molecular flexibility index (Phi) is 5.11. The van der Waals surface area contributed by atoms with Crippen molar-refractivity contribution < 1.29 is 13.2 Å². The zero-order valence-electron chi connectivity index (χ0n) is 14.0. The van der Waals surface area contributed by atoms with E-state index < -0.39 is 10.0 Å². The first-order chi connectivity index (χ1) is 10.9. The largest absolute Gasteiger partial charge is 0.342 e. The maximum absolute atomic E-state index is 12.6. The Morgan fingerprint density at radius 3 is 2.30 bits per heavy atom. The molecule has 0 aromatic heterocycles. The fourth-order valence-corrected chi connectivity index (χ4v) is 5.20. The van der Waals surface area contributed by atoms with E-state index in [2.05, 4.69) is 17.1 Å². The lowest BCUT2D eigenvalue weighted by Gasteiger charge is -2.33. The summed E-state index contributed by atoms with van der Waals surface area (Å²) >= 11 is 0. The third kappa shape index (κ3) is 3.97. The Balaban J connectivity index is 1.50. The smallest absolute Gasteiger partial charge is 0.226 e.